The van der Waals surface area contributed by atoms with E-state index in [1.165, 1.54) is 22.0 Å². The number of nitro benzene ring substituents is 1. The highest BCUT2D eigenvalue weighted by molar-refractivity contribution is 7.97. The molecule has 0 aliphatic heterocycles. The van der Waals surface area contributed by atoms with Crippen LogP contribution in [0.3, 0.4) is 0 Å². The van der Waals surface area contributed by atoms with Crippen LogP contribution in [0.15, 0.2) is 75.9 Å². The number of carbonyl (C=O) groups is 3. The highest BCUT2D eigenvalue weighted by Crippen LogP contribution is 2.65. The molecule has 2 aromatic heterocycles. The second kappa shape index (κ2) is 26.2. The number of nitriles is 1. The van der Waals surface area contributed by atoms with Gasteiger partial charge in [-0.05, 0) is 107 Å². The van der Waals surface area contributed by atoms with Crippen LogP contribution < -0.4 is 30.7 Å². The number of aryl methyl sites for hydroxylation is 1. The Morgan fingerprint density at radius 1 is 1.03 bits per heavy atom. The van der Waals surface area contributed by atoms with Gasteiger partial charge in [0.05, 0.1) is 56.4 Å². The van der Waals surface area contributed by atoms with Crippen LogP contribution in [0, 0.1) is 50.5 Å². The van der Waals surface area contributed by atoms with Gasteiger partial charge in [0, 0.05) is 79.1 Å². The number of nitrogens with one attached hydrogen (secondary N) is 4. The lowest BCUT2D eigenvalue weighted by atomic mass is 9.45. The van der Waals surface area contributed by atoms with Crippen LogP contribution in [0.2, 0.25) is 0 Å². The maximum absolute atomic E-state index is 13.6. The summed E-state index contributed by atoms with van der Waals surface area (Å²) in [6.45, 7) is 15.2. The number of ether oxygens (including phenoxy) is 3. The van der Waals surface area contributed by atoms with Crippen molar-refractivity contribution in [3.05, 3.63) is 98.9 Å². The monoisotopic (exact) mass is 1040 g/mol. The van der Waals surface area contributed by atoms with Crippen molar-refractivity contribution in [2.24, 2.45) is 29.1 Å². The van der Waals surface area contributed by atoms with Gasteiger partial charge in [-0.1, -0.05) is 58.4 Å². The van der Waals surface area contributed by atoms with Crippen molar-refractivity contribution in [1.29, 1.82) is 5.26 Å². The van der Waals surface area contributed by atoms with Crippen LogP contribution in [-0.4, -0.2) is 113 Å². The smallest absolute Gasteiger partial charge is 0.300 e. The molecule has 4 N–H and O–H groups in total. The largest absolute Gasteiger partial charge is 0.496 e. The van der Waals surface area contributed by atoms with Crippen LogP contribution in [0.1, 0.15) is 87.5 Å². The van der Waals surface area contributed by atoms with E-state index in [9.17, 15) is 29.8 Å². The van der Waals surface area contributed by atoms with Crippen molar-refractivity contribution >= 4 is 52.1 Å². The number of methoxy groups -OCH3 is 2. The van der Waals surface area contributed by atoms with Gasteiger partial charge in [-0.25, -0.2) is 9.31 Å². The first-order chi connectivity index (χ1) is 35.7. The Kier molecular flexibility index (Phi) is 19.9. The SMILES string of the molecule is CC.CNCc1cc(OC)c(C2C=C(CNC(=O)C(C)C(C)CNC(=O)c3ccc(SN(CC#N)C(=O)CCc4cn(CCOCCNc5ccc([N+](=O)[O-])c6nonc56)nn4)cc3)C3CC2C3(C)C)c(OC)c1. The topological polar surface area (TPSA) is 267 Å². The van der Waals surface area contributed by atoms with E-state index < -0.39 is 4.92 Å². The molecule has 74 heavy (non-hydrogen) atoms. The Morgan fingerprint density at radius 2 is 1.74 bits per heavy atom. The lowest BCUT2D eigenvalue weighted by Crippen LogP contribution is -2.53. The predicted octanol–water partition coefficient (Wildman–Crippen LogP) is 7.11. The summed E-state index contributed by atoms with van der Waals surface area (Å²) < 4.78 is 25.2. The van der Waals surface area contributed by atoms with Crippen molar-refractivity contribution in [3.8, 4) is 17.6 Å². The Bertz CT molecular complexity index is 2780. The second-order valence-corrected chi connectivity index (χ2v) is 19.8. The number of fused-ring (bicyclic) bond motifs is 2. The standard InChI is InChI=1S/C50H62N12O9S.C2H6/c1-30(31(2)48(64)55-28-34-24-37(39-25-38(34)50(39,3)4)45-42(68-6)22-32(27-52-5)23-43(45)69-7)26-54-49(65)33-8-11-36(12-9-33)72-61(18-16-51)44(63)15-10-35-29-60(59-56-35)19-21-70-20-17-53-40-13-14-41(62(66)67)47-46(40)57-71-58-47;1-2/h8-9,11-14,22-24,29-31,37-39,52-53H,10,15,17-21,25-28H2,1-7H3,(H,54,65)(H,55,64);1-2H3. The maximum atomic E-state index is 13.6. The van der Waals surface area contributed by atoms with Crippen LogP contribution in [-0.2, 0) is 33.8 Å². The molecule has 2 heterocycles. The lowest BCUT2D eigenvalue weighted by Gasteiger charge is -2.59. The van der Waals surface area contributed by atoms with Gasteiger partial charge >= 0.3 is 5.69 Å². The molecule has 0 radical (unpaired) electrons. The zero-order chi connectivity index (χ0) is 53.5. The Morgan fingerprint density at radius 3 is 2.41 bits per heavy atom. The molecule has 3 amide bonds. The first-order valence-electron chi connectivity index (χ1n) is 24.9. The molecule has 2 bridgehead atoms. The van der Waals surface area contributed by atoms with Crippen LogP contribution in [0.5, 0.6) is 11.5 Å². The molecule has 396 valence electrons. The first-order valence-corrected chi connectivity index (χ1v) is 25.7. The van der Waals surface area contributed by atoms with E-state index >= 15 is 0 Å². The van der Waals surface area contributed by atoms with Crippen LogP contribution in [0.4, 0.5) is 11.4 Å². The molecule has 1 saturated carbocycles. The summed E-state index contributed by atoms with van der Waals surface area (Å²) in [5.41, 5.74) is 5.04. The summed E-state index contributed by atoms with van der Waals surface area (Å²) in [7, 11) is 5.30. The number of non-ortho nitro benzene ring substituents is 1. The van der Waals surface area contributed by atoms with E-state index in [0.29, 0.717) is 86.0 Å². The summed E-state index contributed by atoms with van der Waals surface area (Å²) >= 11 is 1.11. The summed E-state index contributed by atoms with van der Waals surface area (Å²) in [5, 5.41) is 48.9. The lowest BCUT2D eigenvalue weighted by molar-refractivity contribution is -0.383. The molecule has 8 rings (SSSR count). The first kappa shape index (κ1) is 56.2. The van der Waals surface area contributed by atoms with E-state index in [1.54, 1.807) is 49.4 Å². The fourth-order valence-electron chi connectivity index (χ4n) is 9.51. The van der Waals surface area contributed by atoms with Crippen LogP contribution >= 0.6 is 11.9 Å². The zero-order valence-corrected chi connectivity index (χ0v) is 44.4. The van der Waals surface area contributed by atoms with E-state index in [1.807, 2.05) is 34.7 Å². The quantitative estimate of drug-likeness (QED) is 0.0107. The molecule has 3 aromatic carbocycles. The number of aromatic nitrogens is 5. The van der Waals surface area contributed by atoms with Gasteiger partial charge < -0.3 is 35.5 Å². The summed E-state index contributed by atoms with van der Waals surface area (Å²) in [6.07, 6.45) is 5.47. The average molecular weight is 1040 g/mol. The molecule has 0 saturated heterocycles. The van der Waals surface area contributed by atoms with Gasteiger partial charge in [0.25, 0.3) is 5.91 Å². The molecule has 5 aromatic rings. The fourth-order valence-corrected chi connectivity index (χ4v) is 10.3. The van der Waals surface area contributed by atoms with Gasteiger partial charge in [-0.3, -0.25) is 28.8 Å². The van der Waals surface area contributed by atoms with Gasteiger partial charge in [-0.15, -0.1) is 5.10 Å². The Labute approximate surface area is 435 Å². The van der Waals surface area contributed by atoms with Crippen molar-refractivity contribution in [3.63, 3.8) is 0 Å². The third-order valence-corrected chi connectivity index (χ3v) is 14.9. The highest BCUT2D eigenvalue weighted by atomic mass is 32.2. The Hall–Kier alpha value is -7.09. The van der Waals surface area contributed by atoms with Crippen molar-refractivity contribution in [1.82, 2.24) is 45.6 Å². The summed E-state index contributed by atoms with van der Waals surface area (Å²) in [6, 6.07) is 15.8. The van der Waals surface area contributed by atoms with Gasteiger partial charge in [0.1, 0.15) is 18.0 Å². The molecular formula is C52H68N12O9S. The molecular weight excluding hydrogens is 969 g/mol. The molecule has 1 fully saturated rings. The third-order valence-electron chi connectivity index (χ3n) is 13.9. The van der Waals surface area contributed by atoms with E-state index in [4.69, 9.17) is 14.2 Å². The number of carbonyl (C=O) groups excluding carboxylic acids is 3. The Balaban J connectivity index is 0.00000440. The normalized spacial score (nSPS) is 17.0. The zero-order valence-electron chi connectivity index (χ0n) is 43.6. The van der Waals surface area contributed by atoms with Crippen molar-refractivity contribution < 1.29 is 38.1 Å². The number of anilines is 1. The van der Waals surface area contributed by atoms with E-state index in [0.717, 1.165) is 41.0 Å². The second-order valence-electron chi connectivity index (χ2n) is 18.7. The number of rotatable bonds is 26. The maximum Gasteiger partial charge on any atom is 0.300 e. The molecule has 21 nitrogen and oxygen atoms in total. The minimum atomic E-state index is -0.549. The van der Waals surface area contributed by atoms with Gasteiger partial charge in [-0.2, -0.15) is 5.26 Å². The number of allylic oxidation sites excluding steroid dienone is 1. The number of hydrogen-bond donors (Lipinski definition) is 4. The highest BCUT2D eigenvalue weighted by Gasteiger charge is 2.56. The molecule has 3 aliphatic carbocycles. The predicted molar refractivity (Wildman–Crippen MR) is 279 cm³/mol. The minimum absolute atomic E-state index is 0.0371. The van der Waals surface area contributed by atoms with E-state index in [2.05, 4.69) is 84.6 Å². The molecule has 5 atom stereocenters. The fraction of sp³-hybridized carbons (Fsp3) is 0.500. The van der Waals surface area contributed by atoms with Crippen LogP contribution in [0.25, 0.3) is 11.0 Å². The van der Waals surface area contributed by atoms with Crippen molar-refractivity contribution in [2.75, 3.05) is 66.0 Å². The minimum Gasteiger partial charge on any atom is -0.496 e. The number of benzene rings is 3. The third kappa shape index (κ3) is 13.4. The number of nitrogens with zero attached hydrogens (tertiary/aromatic N) is 8. The van der Waals surface area contributed by atoms with E-state index in [-0.39, 0.29) is 70.6 Å². The van der Waals surface area contributed by atoms with Crippen molar-refractivity contribution in [2.45, 2.75) is 84.7 Å². The number of nitro groups is 1. The van der Waals surface area contributed by atoms with Gasteiger partial charge in [0.15, 0.2) is 5.52 Å². The molecule has 3 aliphatic rings. The molecule has 0 spiro atoms. The summed E-state index contributed by atoms with van der Waals surface area (Å²) in [5.74, 6) is 1.30. The van der Waals surface area contributed by atoms with Gasteiger partial charge in [0.2, 0.25) is 17.3 Å². The molecule has 5 unspecified atom stereocenters. The molecule has 22 heteroatoms. The summed E-state index contributed by atoms with van der Waals surface area (Å²) in [4.78, 5) is 51.4. The number of amides is 3. The average Bonchev–Trinajstić information content (AvgIpc) is 4.10. The number of hydrogen-bond acceptors (Lipinski definition) is 17.